The van der Waals surface area contributed by atoms with E-state index in [1.807, 2.05) is 20.8 Å². The first-order valence-corrected chi connectivity index (χ1v) is 16.5. The van der Waals surface area contributed by atoms with Crippen LogP contribution in [0.1, 0.15) is 73.6 Å². The van der Waals surface area contributed by atoms with Gasteiger partial charge in [-0.05, 0) is 37.0 Å². The largest absolute Gasteiger partial charge is 0.463 e. The zero-order chi connectivity index (χ0) is 32.2. The molecule has 0 radical (unpaired) electrons. The summed E-state index contributed by atoms with van der Waals surface area (Å²) in [6.45, 7) is 10.4. The molecule has 8 rings (SSSR count). The number of ether oxygens (including phenoxy) is 6. The number of ketones is 1. The zero-order valence-corrected chi connectivity index (χ0v) is 26.6. The molecule has 17 atom stereocenters. The van der Waals surface area contributed by atoms with Crippen molar-refractivity contribution in [3.8, 4) is 0 Å². The van der Waals surface area contributed by atoms with Crippen molar-refractivity contribution in [1.82, 2.24) is 0 Å². The van der Waals surface area contributed by atoms with E-state index in [-0.39, 0.29) is 61.3 Å². The molecule has 2 unspecified atom stereocenters. The molecule has 0 aromatic rings. The highest BCUT2D eigenvalue weighted by Crippen LogP contribution is 2.74. The lowest BCUT2D eigenvalue weighted by molar-refractivity contribution is -0.250. The first kappa shape index (κ1) is 30.2. The summed E-state index contributed by atoms with van der Waals surface area (Å²) in [5.74, 6) is -3.31. The summed E-state index contributed by atoms with van der Waals surface area (Å²) in [6.07, 6.45) is -2.20. The van der Waals surface area contributed by atoms with Crippen LogP contribution >= 0.6 is 0 Å². The van der Waals surface area contributed by atoms with Crippen molar-refractivity contribution in [2.45, 2.75) is 133 Å². The summed E-state index contributed by atoms with van der Waals surface area (Å²) in [6, 6.07) is 0. The minimum absolute atomic E-state index is 0.0131. The van der Waals surface area contributed by atoms with Crippen molar-refractivity contribution in [2.24, 2.45) is 40.4 Å². The van der Waals surface area contributed by atoms with Crippen LogP contribution in [0.15, 0.2) is 0 Å². The maximum atomic E-state index is 14.2. The Morgan fingerprint density at radius 3 is 2.44 bits per heavy atom. The van der Waals surface area contributed by atoms with E-state index in [0.29, 0.717) is 19.3 Å². The number of carbonyl (C=O) groups excluding carboxylic acids is 4. The monoisotopic (exact) mass is 632 g/mol. The predicted octanol–water partition coefficient (Wildman–Crippen LogP) is 1.25. The lowest BCUT2D eigenvalue weighted by atomic mass is 9.41. The normalized spacial score (nSPS) is 56.1. The maximum absolute atomic E-state index is 14.2. The van der Waals surface area contributed by atoms with Gasteiger partial charge in [-0.1, -0.05) is 20.8 Å². The number of Topliss-reactive ketones (excluding diaryl/α,β-unsaturated/α-hetero) is 1. The lowest BCUT2D eigenvalue weighted by Gasteiger charge is -2.63. The molecule has 0 spiro atoms. The fourth-order valence-electron chi connectivity index (χ4n) is 11.6. The Balaban J connectivity index is 1.15. The fraction of sp³-hybridized carbons (Fsp3) is 0.879. The van der Waals surface area contributed by atoms with Crippen LogP contribution in [0.25, 0.3) is 0 Å². The minimum Gasteiger partial charge on any atom is -0.463 e. The SMILES string of the molecule is CC(=O)O[C@H]1C[C@H]2[C@@H]([C@@H]3O[C@@H]3[C@@]3(O)C[C@@H]4O[C@@H]4[C@H](OC(C)=O)[C@]23C)[C@@H]2CC(=O)[C@H]([C@H](C)[C@H](O)CC34CCOC(=O)C3(C)O4)[C@@]12C. The molecule has 12 heteroatoms. The van der Waals surface area contributed by atoms with E-state index < -0.39 is 81.8 Å². The van der Waals surface area contributed by atoms with Gasteiger partial charge in [0.15, 0.2) is 5.60 Å². The van der Waals surface area contributed by atoms with E-state index in [9.17, 15) is 29.4 Å². The summed E-state index contributed by atoms with van der Waals surface area (Å²) in [5.41, 5.74) is -5.08. The molecule has 2 N–H and O–H groups in total. The maximum Gasteiger partial charge on any atom is 0.341 e. The second-order valence-corrected chi connectivity index (χ2v) is 15.9. The molecule has 4 aliphatic heterocycles. The molecule has 4 saturated heterocycles. The average Bonchev–Trinajstić information content (AvgIpc) is 3.86. The van der Waals surface area contributed by atoms with Gasteiger partial charge in [-0.25, -0.2) is 4.79 Å². The lowest BCUT2D eigenvalue weighted by Crippen LogP contribution is -2.72. The minimum atomic E-state index is -1.33. The quantitative estimate of drug-likeness (QED) is 0.244. The summed E-state index contributed by atoms with van der Waals surface area (Å²) in [4.78, 5) is 51.6. The van der Waals surface area contributed by atoms with Gasteiger partial charge in [-0.3, -0.25) is 14.4 Å². The molecule has 12 nitrogen and oxygen atoms in total. The molecular formula is C33H44O12. The number of aliphatic hydroxyl groups is 2. The van der Waals surface area contributed by atoms with Crippen molar-refractivity contribution in [2.75, 3.05) is 6.61 Å². The van der Waals surface area contributed by atoms with Crippen LogP contribution in [0.4, 0.5) is 0 Å². The van der Waals surface area contributed by atoms with Crippen LogP contribution in [-0.2, 0) is 47.6 Å². The van der Waals surface area contributed by atoms with Crippen molar-refractivity contribution in [3.63, 3.8) is 0 Å². The fourth-order valence-corrected chi connectivity index (χ4v) is 11.6. The molecule has 4 saturated carbocycles. The van der Waals surface area contributed by atoms with E-state index >= 15 is 0 Å². The summed E-state index contributed by atoms with van der Waals surface area (Å²) < 4.78 is 35.4. The van der Waals surface area contributed by atoms with Crippen LogP contribution in [0.2, 0.25) is 0 Å². The predicted molar refractivity (Wildman–Crippen MR) is 150 cm³/mol. The highest BCUT2D eigenvalue weighted by Gasteiger charge is 2.84. The van der Waals surface area contributed by atoms with E-state index in [2.05, 4.69) is 0 Å². The van der Waals surface area contributed by atoms with Crippen molar-refractivity contribution < 1.29 is 57.8 Å². The summed E-state index contributed by atoms with van der Waals surface area (Å²) in [7, 11) is 0. The third kappa shape index (κ3) is 3.66. The van der Waals surface area contributed by atoms with Gasteiger partial charge in [0.05, 0.1) is 24.9 Å². The Kier molecular flexibility index (Phi) is 6.09. The van der Waals surface area contributed by atoms with Crippen LogP contribution < -0.4 is 0 Å². The molecule has 4 aliphatic carbocycles. The molecule has 45 heavy (non-hydrogen) atoms. The molecule has 0 bridgehead atoms. The average molecular weight is 633 g/mol. The first-order chi connectivity index (χ1) is 21.0. The number of esters is 3. The van der Waals surface area contributed by atoms with Gasteiger partial charge in [0.2, 0.25) is 0 Å². The van der Waals surface area contributed by atoms with E-state index in [1.165, 1.54) is 13.8 Å². The van der Waals surface area contributed by atoms with Crippen molar-refractivity contribution in [3.05, 3.63) is 0 Å². The van der Waals surface area contributed by atoms with Crippen molar-refractivity contribution in [1.29, 1.82) is 0 Å². The molecule has 8 fully saturated rings. The van der Waals surface area contributed by atoms with Crippen molar-refractivity contribution >= 4 is 23.7 Å². The van der Waals surface area contributed by atoms with Gasteiger partial charge in [-0.15, -0.1) is 0 Å². The highest BCUT2D eigenvalue weighted by molar-refractivity contribution is 5.86. The number of rotatable bonds is 6. The Morgan fingerprint density at radius 2 is 1.76 bits per heavy atom. The molecule has 0 aromatic carbocycles. The number of aliphatic hydroxyl groups excluding tert-OH is 1. The number of epoxide rings is 3. The third-order valence-corrected chi connectivity index (χ3v) is 14.1. The number of hydrogen-bond acceptors (Lipinski definition) is 12. The molecule has 0 amide bonds. The molecule has 8 aliphatic rings. The van der Waals surface area contributed by atoms with Crippen LogP contribution in [0.3, 0.4) is 0 Å². The van der Waals surface area contributed by atoms with E-state index in [4.69, 9.17) is 28.4 Å². The smallest absolute Gasteiger partial charge is 0.341 e. The standard InChI is InChI=1S/C33H44O12/c1-13(19(37)11-32-7-8-40-28(38)31(32,6)45-32)23-18(36)9-16-22-17(10-21(29(16,23)4)41-14(2)34)30(5)26(42-15(3)35)24-20(43-24)12-33(30,39)27-25(22)44-27/h13,16-17,19-27,37,39H,7-12H2,1-6H3/t13-,16+,17+,19-,20+,21+,22+,23+,24+,25+,26+,27+,29-,30+,31?,32?,33+/m1/s1. The number of carbonyl (C=O) groups is 4. The first-order valence-electron chi connectivity index (χ1n) is 16.5. The summed E-state index contributed by atoms with van der Waals surface area (Å²) in [5, 5.41) is 24.1. The van der Waals surface area contributed by atoms with Gasteiger partial charge in [0, 0.05) is 56.3 Å². The van der Waals surface area contributed by atoms with Gasteiger partial charge in [0.1, 0.15) is 41.4 Å². The zero-order valence-electron chi connectivity index (χ0n) is 26.6. The second-order valence-electron chi connectivity index (χ2n) is 15.9. The third-order valence-electron chi connectivity index (χ3n) is 14.1. The number of cyclic esters (lactones) is 1. The van der Waals surface area contributed by atoms with Crippen LogP contribution in [0.5, 0.6) is 0 Å². The van der Waals surface area contributed by atoms with Gasteiger partial charge in [-0.2, -0.15) is 0 Å². The van der Waals surface area contributed by atoms with Gasteiger partial charge >= 0.3 is 17.9 Å². The molecule has 248 valence electrons. The second kappa shape index (κ2) is 9.06. The van der Waals surface area contributed by atoms with Gasteiger partial charge < -0.3 is 38.6 Å². The Hall–Kier alpha value is -2.12. The molecule has 0 aromatic heterocycles. The molecule has 4 heterocycles. The van der Waals surface area contributed by atoms with E-state index in [0.717, 1.165) is 0 Å². The number of fused-ring (bicyclic) bond motifs is 10. The Labute approximate surface area is 261 Å². The van der Waals surface area contributed by atoms with Crippen LogP contribution in [-0.4, -0.2) is 100 Å². The highest BCUT2D eigenvalue weighted by atomic mass is 16.7. The molecular weight excluding hydrogens is 588 g/mol. The number of hydrogen-bond donors (Lipinski definition) is 2. The summed E-state index contributed by atoms with van der Waals surface area (Å²) >= 11 is 0. The van der Waals surface area contributed by atoms with E-state index in [1.54, 1.807) is 6.92 Å². The Morgan fingerprint density at radius 1 is 1.04 bits per heavy atom. The Bertz CT molecular complexity index is 1380. The van der Waals surface area contributed by atoms with Crippen LogP contribution in [0, 0.1) is 40.4 Å². The topological polar surface area (TPSA) is 174 Å². The van der Waals surface area contributed by atoms with Gasteiger partial charge in [0.25, 0.3) is 0 Å².